The molecule has 1 atom stereocenters. The molecule has 140 valence electrons. The number of benzene rings is 1. The average Bonchev–Trinajstić information content (AvgIpc) is 2.63. The molecule has 2 fully saturated rings. The van der Waals surface area contributed by atoms with Gasteiger partial charge in [0.05, 0.1) is 6.54 Å². The fourth-order valence-corrected chi connectivity index (χ4v) is 4.44. The zero-order valence-corrected chi connectivity index (χ0v) is 18.3. The second-order valence-corrected chi connectivity index (χ2v) is 8.08. The van der Waals surface area contributed by atoms with E-state index < -0.39 is 0 Å². The summed E-state index contributed by atoms with van der Waals surface area (Å²) in [6, 6.07) is 9.39. The van der Waals surface area contributed by atoms with Crippen LogP contribution in [0.25, 0.3) is 0 Å². The maximum absolute atomic E-state index is 6.21. The van der Waals surface area contributed by atoms with Crippen LogP contribution in [0.2, 0.25) is 0 Å². The molecule has 0 saturated carbocycles. The van der Waals surface area contributed by atoms with Crippen LogP contribution in [0.15, 0.2) is 29.3 Å². The summed E-state index contributed by atoms with van der Waals surface area (Å²) in [5.41, 5.74) is 8.92. The van der Waals surface area contributed by atoms with Gasteiger partial charge in [0, 0.05) is 37.2 Å². The average molecular weight is 474 g/mol. The summed E-state index contributed by atoms with van der Waals surface area (Å²) in [5, 5.41) is 0. The lowest BCUT2D eigenvalue weighted by Crippen LogP contribution is -2.42. The molecule has 0 radical (unpaired) electrons. The Morgan fingerprint density at radius 1 is 1.16 bits per heavy atom. The van der Waals surface area contributed by atoms with E-state index >= 15 is 0 Å². The first-order chi connectivity index (χ1) is 11.7. The van der Waals surface area contributed by atoms with Gasteiger partial charge in [0.1, 0.15) is 0 Å². The van der Waals surface area contributed by atoms with Gasteiger partial charge < -0.3 is 10.6 Å². The molecule has 1 unspecified atom stereocenters. The lowest BCUT2D eigenvalue weighted by Gasteiger charge is -2.33. The summed E-state index contributed by atoms with van der Waals surface area (Å²) in [7, 11) is 0. The fourth-order valence-electron chi connectivity index (χ4n) is 3.54. The third kappa shape index (κ3) is 6.03. The second kappa shape index (κ2) is 10.6. The van der Waals surface area contributed by atoms with Crippen molar-refractivity contribution >= 4 is 41.7 Å². The molecule has 0 aromatic heterocycles. The van der Waals surface area contributed by atoms with Gasteiger partial charge in [-0.05, 0) is 37.4 Å². The highest BCUT2D eigenvalue weighted by Crippen LogP contribution is 2.21. The van der Waals surface area contributed by atoms with Crippen molar-refractivity contribution in [3.05, 3.63) is 35.4 Å². The minimum Gasteiger partial charge on any atom is -0.370 e. The fraction of sp³-hybridized carbons (Fsp3) is 0.632. The molecular formula is C19H31IN4S. The van der Waals surface area contributed by atoms with Gasteiger partial charge in [-0.2, -0.15) is 11.8 Å². The van der Waals surface area contributed by atoms with Gasteiger partial charge in [0.2, 0.25) is 0 Å². The Morgan fingerprint density at radius 3 is 2.60 bits per heavy atom. The summed E-state index contributed by atoms with van der Waals surface area (Å²) < 4.78 is 0. The molecular weight excluding hydrogens is 443 g/mol. The molecule has 2 saturated heterocycles. The van der Waals surface area contributed by atoms with Crippen LogP contribution in [0.4, 0.5) is 0 Å². The number of aliphatic imine (C=N–C) groups is 1. The SMILES string of the molecule is CC1CCCCN1Cc1ccccc1CN=C(N)N1CCSCC1.I. The van der Waals surface area contributed by atoms with Crippen LogP contribution in [-0.2, 0) is 13.1 Å². The van der Waals surface area contributed by atoms with Crippen LogP contribution in [0, 0.1) is 0 Å². The number of likely N-dealkylation sites (tertiary alicyclic amines) is 1. The predicted molar refractivity (Wildman–Crippen MR) is 120 cm³/mol. The zero-order valence-electron chi connectivity index (χ0n) is 15.2. The first kappa shape index (κ1) is 20.8. The molecule has 2 N–H and O–H groups in total. The molecule has 1 aromatic rings. The Hall–Kier alpha value is -0.470. The normalized spacial score (nSPS) is 22.5. The maximum atomic E-state index is 6.21. The number of nitrogens with zero attached hydrogens (tertiary/aromatic N) is 3. The third-order valence-corrected chi connectivity index (χ3v) is 6.12. The van der Waals surface area contributed by atoms with Crippen molar-refractivity contribution in [2.45, 2.75) is 45.3 Å². The highest BCUT2D eigenvalue weighted by Gasteiger charge is 2.19. The number of thioether (sulfide) groups is 1. The molecule has 3 rings (SSSR count). The number of guanidine groups is 1. The van der Waals surface area contributed by atoms with Crippen LogP contribution in [-0.4, -0.2) is 52.9 Å². The number of halogens is 1. The van der Waals surface area contributed by atoms with Crippen molar-refractivity contribution in [1.82, 2.24) is 9.80 Å². The molecule has 0 aliphatic carbocycles. The molecule has 0 bridgehead atoms. The number of nitrogens with two attached hydrogens (primary N) is 1. The van der Waals surface area contributed by atoms with E-state index in [4.69, 9.17) is 5.73 Å². The topological polar surface area (TPSA) is 44.9 Å². The Kier molecular flexibility index (Phi) is 8.85. The number of piperidine rings is 1. The maximum Gasteiger partial charge on any atom is 0.191 e. The Bertz CT molecular complexity index is 560. The van der Waals surface area contributed by atoms with Gasteiger partial charge in [-0.1, -0.05) is 30.7 Å². The van der Waals surface area contributed by atoms with E-state index in [2.05, 4.69) is 46.0 Å². The molecule has 6 heteroatoms. The summed E-state index contributed by atoms with van der Waals surface area (Å²) in [6.07, 6.45) is 4.01. The first-order valence-corrected chi connectivity index (χ1v) is 10.3. The number of hydrogen-bond donors (Lipinski definition) is 1. The van der Waals surface area contributed by atoms with Crippen LogP contribution in [0.5, 0.6) is 0 Å². The Labute approximate surface area is 173 Å². The van der Waals surface area contributed by atoms with Crippen molar-refractivity contribution in [3.63, 3.8) is 0 Å². The van der Waals surface area contributed by atoms with Gasteiger partial charge in [-0.3, -0.25) is 4.90 Å². The smallest absolute Gasteiger partial charge is 0.191 e. The summed E-state index contributed by atoms with van der Waals surface area (Å²) in [4.78, 5) is 9.51. The quantitative estimate of drug-likeness (QED) is 0.412. The van der Waals surface area contributed by atoms with Gasteiger partial charge in [-0.15, -0.1) is 24.0 Å². The third-order valence-electron chi connectivity index (χ3n) is 5.18. The lowest BCUT2D eigenvalue weighted by molar-refractivity contribution is 0.152. The van der Waals surface area contributed by atoms with Crippen molar-refractivity contribution < 1.29 is 0 Å². The summed E-state index contributed by atoms with van der Waals surface area (Å²) in [5.74, 6) is 3.01. The molecule has 0 amide bonds. The number of hydrogen-bond acceptors (Lipinski definition) is 3. The first-order valence-electron chi connectivity index (χ1n) is 9.17. The molecule has 2 aliphatic rings. The largest absolute Gasteiger partial charge is 0.370 e. The summed E-state index contributed by atoms with van der Waals surface area (Å²) >= 11 is 1.99. The van der Waals surface area contributed by atoms with E-state index in [-0.39, 0.29) is 24.0 Å². The van der Waals surface area contributed by atoms with E-state index in [1.54, 1.807) is 0 Å². The summed E-state index contributed by atoms with van der Waals surface area (Å²) in [6.45, 7) is 7.33. The van der Waals surface area contributed by atoms with E-state index in [0.29, 0.717) is 18.5 Å². The van der Waals surface area contributed by atoms with Gasteiger partial charge in [-0.25, -0.2) is 4.99 Å². The standard InChI is InChI=1S/C19H30N4S.HI/c1-16-6-4-5-9-23(16)15-18-8-3-2-7-17(18)14-21-19(20)22-10-12-24-13-11-22;/h2-3,7-8,16H,4-6,9-15H2,1H3,(H2,20,21);1H. The number of rotatable bonds is 4. The van der Waals surface area contributed by atoms with Crippen molar-refractivity contribution in [2.75, 3.05) is 31.1 Å². The lowest BCUT2D eigenvalue weighted by atomic mass is 10.0. The predicted octanol–water partition coefficient (Wildman–Crippen LogP) is 3.54. The molecule has 2 aliphatic heterocycles. The van der Waals surface area contributed by atoms with Crippen LogP contribution in [0.1, 0.15) is 37.3 Å². The zero-order chi connectivity index (χ0) is 16.8. The van der Waals surface area contributed by atoms with Crippen molar-refractivity contribution in [1.29, 1.82) is 0 Å². The van der Waals surface area contributed by atoms with Crippen LogP contribution < -0.4 is 5.73 Å². The molecule has 4 nitrogen and oxygen atoms in total. The Balaban J connectivity index is 0.00000225. The van der Waals surface area contributed by atoms with Crippen molar-refractivity contribution in [3.8, 4) is 0 Å². The van der Waals surface area contributed by atoms with Crippen molar-refractivity contribution in [2.24, 2.45) is 10.7 Å². The minimum absolute atomic E-state index is 0. The molecule has 25 heavy (non-hydrogen) atoms. The van der Waals surface area contributed by atoms with E-state index in [1.807, 2.05) is 11.8 Å². The van der Waals surface area contributed by atoms with Gasteiger partial charge in [0.25, 0.3) is 0 Å². The molecule has 1 aromatic carbocycles. The molecule has 0 spiro atoms. The highest BCUT2D eigenvalue weighted by molar-refractivity contribution is 14.0. The Morgan fingerprint density at radius 2 is 1.88 bits per heavy atom. The van der Waals surface area contributed by atoms with Crippen LogP contribution in [0.3, 0.4) is 0 Å². The highest BCUT2D eigenvalue weighted by atomic mass is 127. The molecule has 2 heterocycles. The van der Waals surface area contributed by atoms with Gasteiger partial charge >= 0.3 is 0 Å². The van der Waals surface area contributed by atoms with E-state index in [0.717, 1.165) is 31.1 Å². The second-order valence-electron chi connectivity index (χ2n) is 6.86. The van der Waals surface area contributed by atoms with E-state index in [9.17, 15) is 0 Å². The van der Waals surface area contributed by atoms with E-state index in [1.165, 1.54) is 36.9 Å². The monoisotopic (exact) mass is 474 g/mol. The van der Waals surface area contributed by atoms with Gasteiger partial charge in [0.15, 0.2) is 5.96 Å². The minimum atomic E-state index is 0. The van der Waals surface area contributed by atoms with Crippen LogP contribution >= 0.6 is 35.7 Å².